The summed E-state index contributed by atoms with van der Waals surface area (Å²) in [6.07, 6.45) is 9.36. The molecule has 2 saturated carbocycles. The smallest absolute Gasteiger partial charge is 0.191 e. The predicted molar refractivity (Wildman–Crippen MR) is 126 cm³/mol. The van der Waals surface area contributed by atoms with Crippen LogP contribution >= 0.6 is 24.0 Å². The number of guanidine groups is 1. The third-order valence-corrected chi connectivity index (χ3v) is 7.10. The highest BCUT2D eigenvalue weighted by Gasteiger charge is 2.56. The van der Waals surface area contributed by atoms with E-state index < -0.39 is 0 Å². The number of hydrogen-bond acceptors (Lipinski definition) is 4. The molecule has 1 aliphatic heterocycles. The largest absolute Gasteiger partial charge is 0.383 e. The molecule has 7 heteroatoms. The van der Waals surface area contributed by atoms with Crippen LogP contribution in [0.25, 0.3) is 0 Å². The fourth-order valence-electron chi connectivity index (χ4n) is 5.32. The second-order valence-corrected chi connectivity index (χ2v) is 8.55. The van der Waals surface area contributed by atoms with Crippen molar-refractivity contribution in [3.05, 3.63) is 0 Å². The molecule has 0 aromatic heterocycles. The summed E-state index contributed by atoms with van der Waals surface area (Å²) in [7, 11) is 3.67. The van der Waals surface area contributed by atoms with Crippen LogP contribution in [0.5, 0.6) is 0 Å². The Kier molecular flexibility index (Phi) is 10.3. The highest BCUT2D eigenvalue weighted by Crippen LogP contribution is 2.54. The van der Waals surface area contributed by atoms with Gasteiger partial charge in [0, 0.05) is 45.3 Å². The summed E-state index contributed by atoms with van der Waals surface area (Å²) >= 11 is 0. The number of rotatable bonds is 8. The number of methoxy groups -OCH3 is 1. The van der Waals surface area contributed by atoms with Gasteiger partial charge in [-0.25, -0.2) is 0 Å². The molecule has 0 bridgehead atoms. The highest BCUT2D eigenvalue weighted by molar-refractivity contribution is 14.0. The number of nitrogens with zero attached hydrogens (tertiary/aromatic N) is 2. The van der Waals surface area contributed by atoms with Gasteiger partial charge in [0.1, 0.15) is 0 Å². The zero-order valence-electron chi connectivity index (χ0n) is 18.0. The van der Waals surface area contributed by atoms with Crippen molar-refractivity contribution in [3.63, 3.8) is 0 Å². The summed E-state index contributed by atoms with van der Waals surface area (Å²) in [5.74, 6) is 1.71. The number of hydrogen-bond donors (Lipinski definition) is 2. The summed E-state index contributed by atoms with van der Waals surface area (Å²) in [4.78, 5) is 7.02. The second kappa shape index (κ2) is 11.9. The normalized spacial score (nSPS) is 28.0. The second-order valence-electron chi connectivity index (χ2n) is 8.55. The van der Waals surface area contributed by atoms with Crippen LogP contribution in [0.1, 0.15) is 51.9 Å². The van der Waals surface area contributed by atoms with E-state index in [0.717, 1.165) is 44.6 Å². The number of likely N-dealkylation sites (tertiary alicyclic amines) is 1. The van der Waals surface area contributed by atoms with Crippen LogP contribution in [0.4, 0.5) is 0 Å². The molecule has 2 unspecified atom stereocenters. The third kappa shape index (κ3) is 5.73. The van der Waals surface area contributed by atoms with Crippen molar-refractivity contribution in [2.75, 3.05) is 53.6 Å². The average molecular weight is 508 g/mol. The quantitative estimate of drug-likeness (QED) is 0.300. The number of piperidine rings is 1. The first-order valence-electron chi connectivity index (χ1n) is 11.0. The highest BCUT2D eigenvalue weighted by atomic mass is 127. The van der Waals surface area contributed by atoms with E-state index in [1.807, 2.05) is 7.05 Å². The molecule has 3 aliphatic rings. The Labute approximate surface area is 188 Å². The summed E-state index contributed by atoms with van der Waals surface area (Å²) < 4.78 is 11.2. The molecule has 1 heterocycles. The molecule has 2 aliphatic carbocycles. The Balaban J connectivity index is 0.00000280. The molecule has 1 saturated heterocycles. The lowest BCUT2D eigenvalue weighted by Gasteiger charge is -2.54. The maximum absolute atomic E-state index is 6.04. The van der Waals surface area contributed by atoms with Gasteiger partial charge in [-0.1, -0.05) is 12.8 Å². The van der Waals surface area contributed by atoms with Gasteiger partial charge in [0.15, 0.2) is 5.96 Å². The van der Waals surface area contributed by atoms with Crippen molar-refractivity contribution in [1.29, 1.82) is 0 Å². The lowest BCUT2D eigenvalue weighted by Crippen LogP contribution is -2.65. The van der Waals surface area contributed by atoms with E-state index >= 15 is 0 Å². The molecule has 2 N–H and O–H groups in total. The summed E-state index contributed by atoms with van der Waals surface area (Å²) in [5.41, 5.74) is 0.348. The first-order valence-corrected chi connectivity index (χ1v) is 11.0. The number of halogens is 1. The topological polar surface area (TPSA) is 58.1 Å². The Bertz CT molecular complexity index is 477. The van der Waals surface area contributed by atoms with E-state index in [1.165, 1.54) is 51.6 Å². The van der Waals surface area contributed by atoms with E-state index in [4.69, 9.17) is 9.47 Å². The Morgan fingerprint density at radius 2 is 1.93 bits per heavy atom. The van der Waals surface area contributed by atoms with Crippen molar-refractivity contribution in [2.24, 2.45) is 16.3 Å². The molecule has 6 nitrogen and oxygen atoms in total. The minimum absolute atomic E-state index is 0. The molecule has 28 heavy (non-hydrogen) atoms. The van der Waals surface area contributed by atoms with Crippen LogP contribution in [0, 0.1) is 11.3 Å². The first-order chi connectivity index (χ1) is 13.2. The molecule has 3 fully saturated rings. The van der Waals surface area contributed by atoms with Crippen molar-refractivity contribution in [1.82, 2.24) is 15.5 Å². The third-order valence-electron chi connectivity index (χ3n) is 7.10. The minimum Gasteiger partial charge on any atom is -0.383 e. The molecule has 2 atom stereocenters. The maximum Gasteiger partial charge on any atom is 0.191 e. The fraction of sp³-hybridized carbons (Fsp3) is 0.952. The minimum atomic E-state index is 0. The van der Waals surface area contributed by atoms with Gasteiger partial charge < -0.3 is 25.0 Å². The Morgan fingerprint density at radius 1 is 1.21 bits per heavy atom. The van der Waals surface area contributed by atoms with Crippen molar-refractivity contribution in [3.8, 4) is 0 Å². The van der Waals surface area contributed by atoms with Gasteiger partial charge in [-0.05, 0) is 58.0 Å². The molecular weight excluding hydrogens is 467 g/mol. The predicted octanol–water partition coefficient (Wildman–Crippen LogP) is 2.87. The summed E-state index contributed by atoms with van der Waals surface area (Å²) in [6.45, 7) is 8.23. The molecular formula is C21H41IN4O2. The van der Waals surface area contributed by atoms with Gasteiger partial charge in [-0.15, -0.1) is 24.0 Å². The molecule has 0 radical (unpaired) electrons. The van der Waals surface area contributed by atoms with Crippen molar-refractivity contribution < 1.29 is 9.47 Å². The Morgan fingerprint density at radius 3 is 2.54 bits per heavy atom. The van der Waals surface area contributed by atoms with Crippen LogP contribution in [0.15, 0.2) is 4.99 Å². The van der Waals surface area contributed by atoms with Crippen molar-refractivity contribution >= 4 is 29.9 Å². The van der Waals surface area contributed by atoms with E-state index in [0.29, 0.717) is 17.6 Å². The van der Waals surface area contributed by atoms with Crippen LogP contribution in [0.2, 0.25) is 0 Å². The van der Waals surface area contributed by atoms with Crippen LogP contribution < -0.4 is 10.6 Å². The summed E-state index contributed by atoms with van der Waals surface area (Å²) in [5, 5.41) is 7.34. The lowest BCUT2D eigenvalue weighted by atomic mass is 9.60. The zero-order valence-corrected chi connectivity index (χ0v) is 20.4. The SMILES string of the molecule is CCOC1CC(NC(=NC)NCC2CCN(CCOC)CC2)C12CCCC2.I. The van der Waals surface area contributed by atoms with Gasteiger partial charge in [0.2, 0.25) is 0 Å². The standard InChI is InChI=1S/C21H40N4O2.HI/c1-4-27-19-15-18(21(19)9-5-6-10-21)24-20(22-2)23-16-17-7-11-25(12-8-17)13-14-26-3;/h17-19H,4-16H2,1-3H3,(H2,22,23,24);1H. The molecule has 0 aromatic carbocycles. The lowest BCUT2D eigenvalue weighted by molar-refractivity contribution is -0.125. The Hall–Kier alpha value is -0.120. The van der Waals surface area contributed by atoms with Gasteiger partial charge in [0.25, 0.3) is 0 Å². The van der Waals surface area contributed by atoms with E-state index in [-0.39, 0.29) is 24.0 Å². The molecule has 164 valence electrons. The van der Waals surface area contributed by atoms with Crippen LogP contribution in [-0.2, 0) is 9.47 Å². The van der Waals surface area contributed by atoms with Gasteiger partial charge >= 0.3 is 0 Å². The van der Waals surface area contributed by atoms with Crippen LogP contribution in [-0.4, -0.2) is 76.6 Å². The van der Waals surface area contributed by atoms with Gasteiger partial charge in [-0.3, -0.25) is 4.99 Å². The fourth-order valence-corrected chi connectivity index (χ4v) is 5.32. The molecule has 0 amide bonds. The van der Waals surface area contributed by atoms with Gasteiger partial charge in [0.05, 0.1) is 12.7 Å². The monoisotopic (exact) mass is 508 g/mol. The number of ether oxygens (including phenoxy) is 2. The number of aliphatic imine (C=N–C) groups is 1. The van der Waals surface area contributed by atoms with E-state index in [2.05, 4.69) is 27.4 Å². The van der Waals surface area contributed by atoms with Crippen LogP contribution in [0.3, 0.4) is 0 Å². The number of nitrogens with one attached hydrogen (secondary N) is 2. The average Bonchev–Trinajstić information content (AvgIpc) is 3.22. The van der Waals surface area contributed by atoms with E-state index in [1.54, 1.807) is 7.11 Å². The van der Waals surface area contributed by atoms with Gasteiger partial charge in [-0.2, -0.15) is 0 Å². The molecule has 3 rings (SSSR count). The zero-order chi connectivity index (χ0) is 19.1. The maximum atomic E-state index is 6.04. The van der Waals surface area contributed by atoms with E-state index in [9.17, 15) is 0 Å². The molecule has 1 spiro atoms. The first kappa shape index (κ1) is 24.2. The summed E-state index contributed by atoms with van der Waals surface area (Å²) in [6, 6.07) is 0.513. The van der Waals surface area contributed by atoms with Crippen molar-refractivity contribution in [2.45, 2.75) is 64.0 Å². The molecule has 0 aromatic rings.